The van der Waals surface area contributed by atoms with Crippen molar-refractivity contribution in [2.75, 3.05) is 42.9 Å². The second-order valence-electron chi connectivity index (χ2n) is 7.62. The van der Waals surface area contributed by atoms with Crippen LogP contribution in [-0.2, 0) is 10.0 Å². The van der Waals surface area contributed by atoms with Crippen molar-refractivity contribution >= 4 is 27.3 Å². The lowest BCUT2D eigenvalue weighted by atomic mass is 10.1. The number of nitrogens with zero attached hydrogens (tertiary/aromatic N) is 2. The molecular weight excluding hydrogens is 445 g/mol. The number of sulfonamides is 1. The Morgan fingerprint density at radius 1 is 0.939 bits per heavy atom. The molecule has 0 saturated carbocycles. The molecule has 1 N–H and O–H groups in total. The molecule has 1 aliphatic rings. The molecule has 7 nitrogen and oxygen atoms in total. The van der Waals surface area contributed by atoms with Gasteiger partial charge in [0.2, 0.25) is 0 Å². The van der Waals surface area contributed by atoms with Crippen LogP contribution >= 0.6 is 0 Å². The van der Waals surface area contributed by atoms with Crippen LogP contribution in [0.3, 0.4) is 0 Å². The van der Waals surface area contributed by atoms with Gasteiger partial charge in [-0.3, -0.25) is 9.52 Å². The summed E-state index contributed by atoms with van der Waals surface area (Å²) >= 11 is 0. The van der Waals surface area contributed by atoms with Crippen molar-refractivity contribution in [2.45, 2.75) is 4.90 Å². The molecule has 0 atom stereocenters. The highest BCUT2D eigenvalue weighted by atomic mass is 32.2. The van der Waals surface area contributed by atoms with Crippen LogP contribution in [0.5, 0.6) is 5.75 Å². The molecular formula is C24H24FN3O4S. The van der Waals surface area contributed by atoms with Gasteiger partial charge in [0.25, 0.3) is 15.9 Å². The van der Waals surface area contributed by atoms with Gasteiger partial charge in [0.1, 0.15) is 11.6 Å². The van der Waals surface area contributed by atoms with Crippen molar-refractivity contribution in [3.8, 4) is 5.75 Å². The Labute approximate surface area is 192 Å². The number of nitrogens with one attached hydrogen (secondary N) is 1. The lowest BCUT2D eigenvalue weighted by Crippen LogP contribution is -2.48. The average molecular weight is 470 g/mol. The highest BCUT2D eigenvalue weighted by Gasteiger charge is 2.24. The van der Waals surface area contributed by atoms with E-state index in [1.54, 1.807) is 53.4 Å². The van der Waals surface area contributed by atoms with Crippen LogP contribution < -0.4 is 14.4 Å². The fourth-order valence-electron chi connectivity index (χ4n) is 3.67. The monoisotopic (exact) mass is 469 g/mol. The Hall–Kier alpha value is -3.59. The molecule has 0 unspecified atom stereocenters. The Morgan fingerprint density at radius 2 is 1.61 bits per heavy atom. The fraction of sp³-hybridized carbons (Fsp3) is 0.208. The van der Waals surface area contributed by atoms with E-state index in [0.29, 0.717) is 43.2 Å². The van der Waals surface area contributed by atoms with Gasteiger partial charge in [0, 0.05) is 43.1 Å². The maximum atomic E-state index is 13.2. The zero-order valence-corrected chi connectivity index (χ0v) is 18.9. The van der Waals surface area contributed by atoms with Gasteiger partial charge in [-0.2, -0.15) is 0 Å². The summed E-state index contributed by atoms with van der Waals surface area (Å²) in [4.78, 5) is 16.8. The minimum atomic E-state index is -3.87. The minimum Gasteiger partial charge on any atom is -0.497 e. The molecule has 0 bridgehead atoms. The van der Waals surface area contributed by atoms with Gasteiger partial charge >= 0.3 is 0 Å². The van der Waals surface area contributed by atoms with Gasteiger partial charge in [-0.25, -0.2) is 12.8 Å². The van der Waals surface area contributed by atoms with Crippen LogP contribution in [0.25, 0.3) is 0 Å². The number of halogens is 1. The SMILES string of the molecule is COc1ccc(NS(=O)(=O)c2cccc(C(=O)N3CCN(c4ccc(F)cc4)CC3)c2)cc1. The molecule has 4 rings (SSSR count). The van der Waals surface area contributed by atoms with Crippen molar-refractivity contribution in [3.63, 3.8) is 0 Å². The number of carbonyl (C=O) groups is 1. The second-order valence-corrected chi connectivity index (χ2v) is 9.30. The van der Waals surface area contributed by atoms with Crippen molar-refractivity contribution in [3.05, 3.63) is 84.2 Å². The van der Waals surface area contributed by atoms with E-state index in [1.807, 2.05) is 0 Å². The summed E-state index contributed by atoms with van der Waals surface area (Å²) in [6.07, 6.45) is 0. The first-order valence-electron chi connectivity index (χ1n) is 10.4. The molecule has 0 spiro atoms. The van der Waals surface area contributed by atoms with E-state index in [1.165, 1.54) is 31.4 Å². The summed E-state index contributed by atoms with van der Waals surface area (Å²) < 4.78 is 46.4. The molecule has 3 aromatic carbocycles. The summed E-state index contributed by atoms with van der Waals surface area (Å²) in [7, 11) is -2.34. The molecule has 172 valence electrons. The average Bonchev–Trinajstić information content (AvgIpc) is 2.84. The topological polar surface area (TPSA) is 78.9 Å². The predicted molar refractivity (Wildman–Crippen MR) is 125 cm³/mol. The van der Waals surface area contributed by atoms with Gasteiger partial charge in [-0.15, -0.1) is 0 Å². The van der Waals surface area contributed by atoms with Crippen molar-refractivity contribution in [1.29, 1.82) is 0 Å². The van der Waals surface area contributed by atoms with E-state index in [4.69, 9.17) is 4.74 Å². The Morgan fingerprint density at radius 3 is 2.24 bits per heavy atom. The predicted octanol–water partition coefficient (Wildman–Crippen LogP) is 3.60. The number of methoxy groups -OCH3 is 1. The van der Waals surface area contributed by atoms with Gasteiger partial charge in [-0.1, -0.05) is 6.07 Å². The molecule has 0 radical (unpaired) electrons. The third-order valence-corrected chi connectivity index (χ3v) is 6.87. The normalized spacial score (nSPS) is 14.1. The van der Waals surface area contributed by atoms with E-state index < -0.39 is 10.0 Å². The van der Waals surface area contributed by atoms with Crippen molar-refractivity contribution < 1.29 is 22.3 Å². The first-order chi connectivity index (χ1) is 15.9. The van der Waals surface area contributed by atoms with Crippen LogP contribution in [0.1, 0.15) is 10.4 Å². The summed E-state index contributed by atoms with van der Waals surface area (Å²) in [5.74, 6) is 0.101. The van der Waals surface area contributed by atoms with Gasteiger partial charge in [0.05, 0.1) is 12.0 Å². The summed E-state index contributed by atoms with van der Waals surface area (Å²) in [5.41, 5.74) is 1.61. The zero-order chi connectivity index (χ0) is 23.4. The Balaban J connectivity index is 1.43. The van der Waals surface area contributed by atoms with Gasteiger partial charge < -0.3 is 14.5 Å². The number of amides is 1. The highest BCUT2D eigenvalue weighted by Crippen LogP contribution is 2.22. The molecule has 1 fully saturated rings. The summed E-state index contributed by atoms with van der Waals surface area (Å²) in [6.45, 7) is 2.18. The number of ether oxygens (including phenoxy) is 1. The maximum absolute atomic E-state index is 13.2. The van der Waals surface area contributed by atoms with Gasteiger partial charge in [-0.05, 0) is 66.7 Å². The highest BCUT2D eigenvalue weighted by molar-refractivity contribution is 7.92. The van der Waals surface area contributed by atoms with E-state index in [-0.39, 0.29) is 16.6 Å². The quantitative estimate of drug-likeness (QED) is 0.597. The molecule has 1 aliphatic heterocycles. The summed E-state index contributed by atoms with van der Waals surface area (Å²) in [6, 6.07) is 18.8. The molecule has 0 aliphatic carbocycles. The summed E-state index contributed by atoms with van der Waals surface area (Å²) in [5, 5.41) is 0. The third-order valence-electron chi connectivity index (χ3n) is 5.49. The molecule has 1 heterocycles. The first-order valence-corrected chi connectivity index (χ1v) is 11.9. The molecule has 3 aromatic rings. The van der Waals surface area contributed by atoms with Crippen LogP contribution in [0, 0.1) is 5.82 Å². The van der Waals surface area contributed by atoms with Gasteiger partial charge in [0.15, 0.2) is 0 Å². The number of piperazine rings is 1. The number of anilines is 2. The zero-order valence-electron chi connectivity index (χ0n) is 18.1. The van der Waals surface area contributed by atoms with E-state index in [0.717, 1.165) is 5.69 Å². The number of carbonyl (C=O) groups excluding carboxylic acids is 1. The molecule has 0 aromatic heterocycles. The lowest BCUT2D eigenvalue weighted by molar-refractivity contribution is 0.0746. The van der Waals surface area contributed by atoms with Crippen molar-refractivity contribution in [1.82, 2.24) is 4.90 Å². The number of benzene rings is 3. The number of hydrogen-bond acceptors (Lipinski definition) is 5. The standard InChI is InChI=1S/C24H24FN3O4S/c1-32-22-11-7-20(8-12-22)26-33(30,31)23-4-2-3-18(17-23)24(29)28-15-13-27(14-16-28)21-9-5-19(25)6-10-21/h2-12,17,26H,13-16H2,1H3. The Kier molecular flexibility index (Phi) is 6.50. The number of hydrogen-bond donors (Lipinski definition) is 1. The van der Waals surface area contributed by atoms with Crippen LogP contribution in [0.15, 0.2) is 77.7 Å². The molecule has 1 saturated heterocycles. The van der Waals surface area contributed by atoms with Crippen LogP contribution in [0.4, 0.5) is 15.8 Å². The van der Waals surface area contributed by atoms with E-state index in [2.05, 4.69) is 9.62 Å². The molecule has 33 heavy (non-hydrogen) atoms. The second kappa shape index (κ2) is 9.50. The molecule has 1 amide bonds. The third kappa shape index (κ3) is 5.25. The largest absolute Gasteiger partial charge is 0.497 e. The fourth-order valence-corrected chi connectivity index (χ4v) is 4.78. The van der Waals surface area contributed by atoms with Crippen LogP contribution in [0.2, 0.25) is 0 Å². The number of rotatable bonds is 6. The van der Waals surface area contributed by atoms with E-state index >= 15 is 0 Å². The minimum absolute atomic E-state index is 0.00844. The van der Waals surface area contributed by atoms with Crippen LogP contribution in [-0.4, -0.2) is 52.5 Å². The first kappa shape index (κ1) is 22.6. The lowest BCUT2D eigenvalue weighted by Gasteiger charge is -2.36. The maximum Gasteiger partial charge on any atom is 0.261 e. The smallest absolute Gasteiger partial charge is 0.261 e. The molecule has 9 heteroatoms. The van der Waals surface area contributed by atoms with Crippen molar-refractivity contribution in [2.24, 2.45) is 0 Å². The van der Waals surface area contributed by atoms with E-state index in [9.17, 15) is 17.6 Å². The Bertz CT molecular complexity index is 1220.